The highest BCUT2D eigenvalue weighted by atomic mass is 15.2. The second-order valence-corrected chi connectivity index (χ2v) is 4.51. The van der Waals surface area contributed by atoms with Gasteiger partial charge < -0.3 is 10.2 Å². The van der Waals surface area contributed by atoms with Crippen molar-refractivity contribution in [3.05, 3.63) is 43.4 Å². The van der Waals surface area contributed by atoms with Gasteiger partial charge >= 0.3 is 0 Å². The van der Waals surface area contributed by atoms with Gasteiger partial charge in [0, 0.05) is 37.4 Å². The van der Waals surface area contributed by atoms with Gasteiger partial charge in [0.1, 0.15) is 12.1 Å². The molecule has 1 saturated carbocycles. The maximum atomic E-state index is 4.39. The van der Waals surface area contributed by atoms with E-state index in [1.165, 1.54) is 12.8 Å². The van der Waals surface area contributed by atoms with Crippen LogP contribution in [0.2, 0.25) is 0 Å². The monoisotopic (exact) mass is 244 g/mol. The topological polar surface area (TPSA) is 41.1 Å². The number of aromatic nitrogens is 2. The van der Waals surface area contributed by atoms with Gasteiger partial charge in [-0.2, -0.15) is 0 Å². The Labute approximate surface area is 108 Å². The molecule has 1 fully saturated rings. The van der Waals surface area contributed by atoms with Crippen molar-refractivity contribution in [2.75, 3.05) is 18.0 Å². The first-order valence-electron chi connectivity index (χ1n) is 6.34. The summed E-state index contributed by atoms with van der Waals surface area (Å²) in [6.07, 6.45) is 9.80. The van der Waals surface area contributed by atoms with E-state index < -0.39 is 0 Å². The van der Waals surface area contributed by atoms with Crippen molar-refractivity contribution in [3.8, 4) is 0 Å². The fourth-order valence-electron chi connectivity index (χ4n) is 1.86. The molecule has 1 aromatic heterocycles. The minimum Gasteiger partial charge on any atom is -0.349 e. The fraction of sp³-hybridized carbons (Fsp3) is 0.429. The number of hydrogen-bond donors (Lipinski definition) is 1. The Morgan fingerprint density at radius 2 is 2.06 bits per heavy atom. The molecule has 1 N–H and O–H groups in total. The lowest BCUT2D eigenvalue weighted by Crippen LogP contribution is -2.27. The van der Waals surface area contributed by atoms with Crippen LogP contribution in [0.15, 0.2) is 37.8 Å². The molecule has 0 amide bonds. The van der Waals surface area contributed by atoms with E-state index in [1.807, 2.05) is 18.3 Å². The standard InChI is InChI=1S/C14H20N4/c1-3-7-18(8-4-2)14-12(9-15-11-17-14)10-16-13-5-6-13/h3-4,9,11,13,16H,1-2,5-8,10H2. The Hall–Kier alpha value is -1.68. The van der Waals surface area contributed by atoms with Gasteiger partial charge in [0.2, 0.25) is 0 Å². The molecule has 96 valence electrons. The van der Waals surface area contributed by atoms with Gasteiger partial charge in [0.15, 0.2) is 0 Å². The lowest BCUT2D eigenvalue weighted by Gasteiger charge is -2.22. The molecule has 0 aliphatic heterocycles. The molecule has 1 aliphatic rings. The molecule has 2 rings (SSSR count). The Balaban J connectivity index is 2.11. The molecule has 1 heterocycles. The summed E-state index contributed by atoms with van der Waals surface area (Å²) in [6, 6.07) is 0.685. The van der Waals surface area contributed by atoms with Crippen molar-refractivity contribution in [3.63, 3.8) is 0 Å². The third-order valence-corrected chi connectivity index (χ3v) is 2.92. The number of nitrogens with one attached hydrogen (secondary N) is 1. The number of nitrogens with zero attached hydrogens (tertiary/aromatic N) is 3. The summed E-state index contributed by atoms with van der Waals surface area (Å²) in [5.41, 5.74) is 1.13. The van der Waals surface area contributed by atoms with Crippen LogP contribution >= 0.6 is 0 Å². The Kier molecular flexibility index (Phi) is 4.47. The van der Waals surface area contributed by atoms with E-state index in [9.17, 15) is 0 Å². The molecule has 0 unspecified atom stereocenters. The molecule has 1 aromatic rings. The van der Waals surface area contributed by atoms with Crippen LogP contribution in [0.3, 0.4) is 0 Å². The molecule has 0 atom stereocenters. The predicted molar refractivity (Wildman–Crippen MR) is 74.5 cm³/mol. The van der Waals surface area contributed by atoms with Crippen LogP contribution in [0.25, 0.3) is 0 Å². The predicted octanol–water partition coefficient (Wildman–Crippen LogP) is 1.91. The molecule has 4 nitrogen and oxygen atoms in total. The minimum atomic E-state index is 0.685. The van der Waals surface area contributed by atoms with Gasteiger partial charge in [-0.3, -0.25) is 0 Å². The minimum absolute atomic E-state index is 0.685. The first-order chi connectivity index (χ1) is 8.85. The average molecular weight is 244 g/mol. The zero-order chi connectivity index (χ0) is 12.8. The molecule has 4 heteroatoms. The van der Waals surface area contributed by atoms with Gasteiger partial charge in [0.05, 0.1) is 0 Å². The highest BCUT2D eigenvalue weighted by Crippen LogP contribution is 2.21. The van der Waals surface area contributed by atoms with E-state index in [0.29, 0.717) is 6.04 Å². The second kappa shape index (κ2) is 6.31. The molecular weight excluding hydrogens is 224 g/mol. The summed E-state index contributed by atoms with van der Waals surface area (Å²) in [5, 5.41) is 3.49. The van der Waals surface area contributed by atoms with Crippen LogP contribution in [0, 0.1) is 0 Å². The SMILES string of the molecule is C=CCN(CC=C)c1ncncc1CNC1CC1. The third-order valence-electron chi connectivity index (χ3n) is 2.92. The van der Waals surface area contributed by atoms with E-state index in [2.05, 4.69) is 33.3 Å². The number of rotatable bonds is 8. The molecule has 0 saturated heterocycles. The second-order valence-electron chi connectivity index (χ2n) is 4.51. The van der Waals surface area contributed by atoms with Crippen molar-refractivity contribution in [2.24, 2.45) is 0 Å². The first-order valence-corrected chi connectivity index (χ1v) is 6.34. The zero-order valence-electron chi connectivity index (χ0n) is 10.7. The normalized spacial score (nSPS) is 14.2. The van der Waals surface area contributed by atoms with Gasteiger partial charge in [-0.25, -0.2) is 9.97 Å². The van der Waals surface area contributed by atoms with Gasteiger partial charge in [-0.1, -0.05) is 12.2 Å². The van der Waals surface area contributed by atoms with E-state index in [-0.39, 0.29) is 0 Å². The van der Waals surface area contributed by atoms with Gasteiger partial charge in [-0.15, -0.1) is 13.2 Å². The van der Waals surface area contributed by atoms with Crippen LogP contribution < -0.4 is 10.2 Å². The van der Waals surface area contributed by atoms with Crippen LogP contribution in [-0.4, -0.2) is 29.1 Å². The van der Waals surface area contributed by atoms with E-state index >= 15 is 0 Å². The van der Waals surface area contributed by atoms with E-state index in [4.69, 9.17) is 0 Å². The zero-order valence-corrected chi connectivity index (χ0v) is 10.7. The summed E-state index contributed by atoms with van der Waals surface area (Å²) in [7, 11) is 0. The molecule has 1 aliphatic carbocycles. The van der Waals surface area contributed by atoms with E-state index in [1.54, 1.807) is 6.33 Å². The Bertz CT molecular complexity index is 402. The van der Waals surface area contributed by atoms with Gasteiger partial charge in [-0.05, 0) is 12.8 Å². The van der Waals surface area contributed by atoms with Crippen molar-refractivity contribution < 1.29 is 0 Å². The maximum Gasteiger partial charge on any atom is 0.137 e. The number of hydrogen-bond acceptors (Lipinski definition) is 4. The lowest BCUT2D eigenvalue weighted by atomic mass is 10.2. The molecule has 18 heavy (non-hydrogen) atoms. The highest BCUT2D eigenvalue weighted by molar-refractivity contribution is 5.46. The van der Waals surface area contributed by atoms with Crippen molar-refractivity contribution in [1.82, 2.24) is 15.3 Å². The van der Waals surface area contributed by atoms with Crippen molar-refractivity contribution in [2.45, 2.75) is 25.4 Å². The van der Waals surface area contributed by atoms with Crippen molar-refractivity contribution in [1.29, 1.82) is 0 Å². The molecule has 0 bridgehead atoms. The maximum absolute atomic E-state index is 4.39. The quantitative estimate of drug-likeness (QED) is 0.709. The highest BCUT2D eigenvalue weighted by Gasteiger charge is 2.21. The number of anilines is 1. The third kappa shape index (κ3) is 3.40. The van der Waals surface area contributed by atoms with E-state index in [0.717, 1.165) is 31.0 Å². The van der Waals surface area contributed by atoms with Gasteiger partial charge in [0.25, 0.3) is 0 Å². The summed E-state index contributed by atoms with van der Waals surface area (Å²) >= 11 is 0. The summed E-state index contributed by atoms with van der Waals surface area (Å²) in [4.78, 5) is 10.7. The molecular formula is C14H20N4. The van der Waals surface area contributed by atoms with Crippen LogP contribution in [-0.2, 0) is 6.54 Å². The van der Waals surface area contributed by atoms with Crippen molar-refractivity contribution >= 4 is 5.82 Å². The molecule has 0 spiro atoms. The Morgan fingerprint density at radius 1 is 1.33 bits per heavy atom. The molecule has 0 aromatic carbocycles. The van der Waals surface area contributed by atoms with Crippen LogP contribution in [0.4, 0.5) is 5.82 Å². The van der Waals surface area contributed by atoms with Crippen LogP contribution in [0.1, 0.15) is 18.4 Å². The lowest BCUT2D eigenvalue weighted by molar-refractivity contribution is 0.680. The first kappa shape index (κ1) is 12.8. The van der Waals surface area contributed by atoms with Crippen LogP contribution in [0.5, 0.6) is 0 Å². The Morgan fingerprint density at radius 3 is 2.67 bits per heavy atom. The summed E-state index contributed by atoms with van der Waals surface area (Å²) in [5.74, 6) is 0.970. The summed E-state index contributed by atoms with van der Waals surface area (Å²) < 4.78 is 0. The fourth-order valence-corrected chi connectivity index (χ4v) is 1.86. The largest absolute Gasteiger partial charge is 0.349 e. The smallest absolute Gasteiger partial charge is 0.137 e. The molecule has 0 radical (unpaired) electrons. The average Bonchev–Trinajstić information content (AvgIpc) is 3.21. The summed E-state index contributed by atoms with van der Waals surface area (Å²) in [6.45, 7) is 9.93.